The van der Waals surface area contributed by atoms with Crippen LogP contribution in [0.3, 0.4) is 0 Å². The quantitative estimate of drug-likeness (QED) is 0.791. The number of benzene rings is 1. The third-order valence-corrected chi connectivity index (χ3v) is 3.61. The highest BCUT2D eigenvalue weighted by atomic mass is 79.9. The first-order chi connectivity index (χ1) is 9.16. The van der Waals surface area contributed by atoms with Gasteiger partial charge >= 0.3 is 5.97 Å². The van der Waals surface area contributed by atoms with E-state index in [1.165, 1.54) is 7.11 Å². The highest BCUT2D eigenvalue weighted by molar-refractivity contribution is 9.10. The summed E-state index contributed by atoms with van der Waals surface area (Å²) >= 11 is 2.99. The number of sulfonamides is 1. The third-order valence-electron chi connectivity index (χ3n) is 2.24. The topological polar surface area (TPSA) is 95.7 Å². The Morgan fingerprint density at radius 3 is 2.60 bits per heavy atom. The van der Waals surface area contributed by atoms with Gasteiger partial charge < -0.3 is 9.47 Å². The van der Waals surface area contributed by atoms with E-state index in [9.17, 15) is 17.6 Å². The molecule has 6 nitrogen and oxygen atoms in total. The fourth-order valence-corrected chi connectivity index (χ4v) is 2.70. The molecule has 112 valence electrons. The summed E-state index contributed by atoms with van der Waals surface area (Å²) in [5.41, 5.74) is -0.522. The Morgan fingerprint density at radius 1 is 1.50 bits per heavy atom. The summed E-state index contributed by atoms with van der Waals surface area (Å²) in [6.07, 6.45) is -0.608. The van der Waals surface area contributed by atoms with Gasteiger partial charge in [-0.25, -0.2) is 22.7 Å². The van der Waals surface area contributed by atoms with E-state index in [4.69, 9.17) is 14.6 Å². The molecule has 20 heavy (non-hydrogen) atoms. The minimum Gasteiger partial charge on any atom is -0.457 e. The number of rotatable bonds is 5. The van der Waals surface area contributed by atoms with Crippen molar-refractivity contribution in [2.75, 3.05) is 13.7 Å². The Labute approximate surface area is 124 Å². The second kappa shape index (κ2) is 6.61. The van der Waals surface area contributed by atoms with Crippen molar-refractivity contribution in [2.24, 2.45) is 5.14 Å². The van der Waals surface area contributed by atoms with Crippen LogP contribution in [-0.4, -0.2) is 34.2 Å². The molecule has 1 aromatic carbocycles. The van der Waals surface area contributed by atoms with Crippen molar-refractivity contribution >= 4 is 31.9 Å². The van der Waals surface area contributed by atoms with Gasteiger partial charge in [-0.2, -0.15) is 0 Å². The van der Waals surface area contributed by atoms with Gasteiger partial charge in [0.05, 0.1) is 12.2 Å². The predicted molar refractivity (Wildman–Crippen MR) is 72.2 cm³/mol. The average molecular weight is 370 g/mol. The maximum absolute atomic E-state index is 14.0. The highest BCUT2D eigenvalue weighted by Crippen LogP contribution is 2.24. The summed E-state index contributed by atoms with van der Waals surface area (Å²) in [5.74, 6) is -2.25. The summed E-state index contributed by atoms with van der Waals surface area (Å²) in [5, 5.41) is 4.88. The monoisotopic (exact) mass is 369 g/mol. The molecule has 1 aromatic rings. The highest BCUT2D eigenvalue weighted by Gasteiger charge is 2.24. The van der Waals surface area contributed by atoms with E-state index in [0.29, 0.717) is 0 Å². The molecule has 9 heteroatoms. The molecule has 1 unspecified atom stereocenters. The number of nitrogens with two attached hydrogens (primary N) is 1. The van der Waals surface area contributed by atoms with Crippen LogP contribution in [0.4, 0.5) is 4.39 Å². The largest absolute Gasteiger partial charge is 0.457 e. The van der Waals surface area contributed by atoms with Gasteiger partial charge in [0.15, 0.2) is 5.82 Å². The summed E-state index contributed by atoms with van der Waals surface area (Å²) in [7, 11) is -2.87. The van der Waals surface area contributed by atoms with Gasteiger partial charge in [-0.15, -0.1) is 0 Å². The summed E-state index contributed by atoms with van der Waals surface area (Å²) in [4.78, 5) is 11.0. The molecule has 0 aliphatic heterocycles. The van der Waals surface area contributed by atoms with E-state index in [1.807, 2.05) is 0 Å². The molecular weight excluding hydrogens is 357 g/mol. The predicted octanol–water partition coefficient (Wildman–Crippen LogP) is 1.43. The van der Waals surface area contributed by atoms with Gasteiger partial charge in [-0.1, -0.05) is 15.9 Å². The van der Waals surface area contributed by atoms with E-state index in [-0.39, 0.29) is 11.1 Å². The first-order valence-corrected chi connectivity index (χ1v) is 7.72. The Morgan fingerprint density at radius 2 is 2.10 bits per heavy atom. The Kier molecular flexibility index (Phi) is 5.63. The van der Waals surface area contributed by atoms with Gasteiger partial charge in [-0.05, 0) is 19.1 Å². The van der Waals surface area contributed by atoms with Crippen LogP contribution in [0.15, 0.2) is 21.5 Å². The fraction of sp³-hybridized carbons (Fsp3) is 0.364. The molecule has 0 saturated carbocycles. The van der Waals surface area contributed by atoms with Crippen molar-refractivity contribution in [1.29, 1.82) is 0 Å². The van der Waals surface area contributed by atoms with Crippen molar-refractivity contribution in [3.05, 3.63) is 28.0 Å². The first-order valence-electron chi connectivity index (χ1n) is 5.38. The van der Waals surface area contributed by atoms with E-state index in [2.05, 4.69) is 15.9 Å². The SMILES string of the molecule is COCC(C)OC(=O)c1cc(Br)cc(S(N)(=O)=O)c1F. The first kappa shape index (κ1) is 17.0. The summed E-state index contributed by atoms with van der Waals surface area (Å²) in [6, 6.07) is 2.09. The molecule has 0 saturated heterocycles. The van der Waals surface area contributed by atoms with E-state index >= 15 is 0 Å². The molecule has 0 spiro atoms. The zero-order valence-corrected chi connectivity index (χ0v) is 13.1. The van der Waals surface area contributed by atoms with Crippen LogP contribution in [0.2, 0.25) is 0 Å². The number of methoxy groups -OCH3 is 1. The molecule has 0 radical (unpaired) electrons. The minimum absolute atomic E-state index is 0.128. The van der Waals surface area contributed by atoms with Crippen molar-refractivity contribution in [1.82, 2.24) is 0 Å². The summed E-state index contributed by atoms with van der Waals surface area (Å²) in [6.45, 7) is 1.68. The summed E-state index contributed by atoms with van der Waals surface area (Å²) < 4.78 is 46.4. The number of ether oxygens (including phenoxy) is 2. The van der Waals surface area contributed by atoms with Crippen molar-refractivity contribution in [3.8, 4) is 0 Å². The van der Waals surface area contributed by atoms with Crippen LogP contribution in [0.1, 0.15) is 17.3 Å². The normalized spacial score (nSPS) is 13.1. The Bertz CT molecular complexity index is 619. The lowest BCUT2D eigenvalue weighted by Crippen LogP contribution is -2.22. The fourth-order valence-electron chi connectivity index (χ4n) is 1.43. The van der Waals surface area contributed by atoms with Crippen molar-refractivity contribution < 1.29 is 27.1 Å². The second-order valence-corrected chi connectivity index (χ2v) is 6.43. The van der Waals surface area contributed by atoms with E-state index in [1.54, 1.807) is 6.92 Å². The Balaban J connectivity index is 3.19. The van der Waals surface area contributed by atoms with Gasteiger partial charge in [-0.3, -0.25) is 0 Å². The molecule has 2 N–H and O–H groups in total. The second-order valence-electron chi connectivity index (χ2n) is 3.98. The smallest absolute Gasteiger partial charge is 0.341 e. The number of carbonyl (C=O) groups excluding carboxylic acids is 1. The van der Waals surface area contributed by atoms with E-state index in [0.717, 1.165) is 12.1 Å². The van der Waals surface area contributed by atoms with Crippen LogP contribution in [0.25, 0.3) is 0 Å². The molecule has 0 amide bonds. The number of esters is 1. The number of primary sulfonamides is 1. The van der Waals surface area contributed by atoms with Crippen molar-refractivity contribution in [2.45, 2.75) is 17.9 Å². The zero-order chi connectivity index (χ0) is 15.5. The molecule has 1 atom stereocenters. The lowest BCUT2D eigenvalue weighted by Gasteiger charge is -2.13. The maximum Gasteiger partial charge on any atom is 0.341 e. The van der Waals surface area contributed by atoms with Crippen LogP contribution in [0, 0.1) is 5.82 Å². The van der Waals surface area contributed by atoms with Crippen LogP contribution < -0.4 is 5.14 Å². The Hall–Kier alpha value is -1.03. The standard InChI is InChI=1S/C11H13BrFNO5S/c1-6(5-18-2)19-11(15)8-3-7(12)4-9(10(8)13)20(14,16)17/h3-4,6H,5H2,1-2H3,(H2,14,16,17). The van der Waals surface area contributed by atoms with Gasteiger partial charge in [0.25, 0.3) is 0 Å². The minimum atomic E-state index is -4.29. The molecule has 0 bridgehead atoms. The van der Waals surface area contributed by atoms with Crippen molar-refractivity contribution in [3.63, 3.8) is 0 Å². The lowest BCUT2D eigenvalue weighted by atomic mass is 10.2. The molecule has 0 heterocycles. The number of hydrogen-bond acceptors (Lipinski definition) is 5. The van der Waals surface area contributed by atoms with E-state index < -0.39 is 38.4 Å². The number of hydrogen-bond donors (Lipinski definition) is 1. The van der Waals surface area contributed by atoms with Crippen LogP contribution >= 0.6 is 15.9 Å². The maximum atomic E-state index is 14.0. The molecule has 0 fully saturated rings. The van der Waals surface area contributed by atoms with Gasteiger partial charge in [0, 0.05) is 11.6 Å². The molecular formula is C11H13BrFNO5S. The lowest BCUT2D eigenvalue weighted by molar-refractivity contribution is 0.0115. The zero-order valence-electron chi connectivity index (χ0n) is 10.7. The molecule has 0 aliphatic carbocycles. The van der Waals surface area contributed by atoms with Gasteiger partial charge in [0.1, 0.15) is 11.0 Å². The van der Waals surface area contributed by atoms with Gasteiger partial charge in [0.2, 0.25) is 10.0 Å². The number of halogens is 2. The van der Waals surface area contributed by atoms with Crippen LogP contribution in [0.5, 0.6) is 0 Å². The number of carbonyl (C=O) groups is 1. The molecule has 1 rings (SSSR count). The third kappa shape index (κ3) is 4.23. The molecule has 0 aliphatic rings. The average Bonchev–Trinajstić information content (AvgIpc) is 2.30. The molecule has 0 aromatic heterocycles. The van der Waals surface area contributed by atoms with Crippen LogP contribution in [-0.2, 0) is 19.5 Å².